The molecule has 0 spiro atoms. The van der Waals surface area contributed by atoms with Gasteiger partial charge in [-0.3, -0.25) is 9.78 Å². The van der Waals surface area contributed by atoms with Gasteiger partial charge in [-0.2, -0.15) is 0 Å². The molecule has 82 valence electrons. The topological polar surface area (TPSA) is 39.2 Å². The van der Waals surface area contributed by atoms with Crippen LogP contribution in [0.5, 0.6) is 0 Å². The summed E-state index contributed by atoms with van der Waals surface area (Å²) < 4.78 is 5.23. The number of carbonyl (C=O) groups is 1. The van der Waals surface area contributed by atoms with Crippen LogP contribution in [-0.2, 0) is 11.2 Å². The molecule has 3 nitrogen and oxygen atoms in total. The lowest BCUT2D eigenvalue weighted by Gasteiger charge is -2.06. The Morgan fingerprint density at radius 2 is 2.27 bits per heavy atom. The van der Waals surface area contributed by atoms with Crippen LogP contribution in [0.25, 0.3) is 0 Å². The second-order valence-electron chi connectivity index (χ2n) is 3.36. The van der Waals surface area contributed by atoms with Crippen molar-refractivity contribution in [1.29, 1.82) is 0 Å². The molecule has 0 radical (unpaired) electrons. The maximum Gasteiger partial charge on any atom is 0.188 e. The standard InChI is InChI=1S/C12H17NO2/c1-3-7-15-9-12(14)11-5-6-13-8-10(11)4-2/h5-6,8H,3-4,7,9H2,1-2H3. The second-order valence-corrected chi connectivity index (χ2v) is 3.36. The summed E-state index contributed by atoms with van der Waals surface area (Å²) in [6.07, 6.45) is 5.15. The summed E-state index contributed by atoms with van der Waals surface area (Å²) in [6, 6.07) is 1.76. The van der Waals surface area contributed by atoms with E-state index in [-0.39, 0.29) is 12.4 Å². The summed E-state index contributed by atoms with van der Waals surface area (Å²) in [4.78, 5) is 15.7. The lowest BCUT2D eigenvalue weighted by molar-refractivity contribution is 0.0760. The maximum absolute atomic E-state index is 11.7. The van der Waals surface area contributed by atoms with Gasteiger partial charge in [0, 0.05) is 24.6 Å². The largest absolute Gasteiger partial charge is 0.373 e. The van der Waals surface area contributed by atoms with Crippen LogP contribution in [-0.4, -0.2) is 24.0 Å². The van der Waals surface area contributed by atoms with Crippen LogP contribution >= 0.6 is 0 Å². The van der Waals surface area contributed by atoms with Gasteiger partial charge in [0.2, 0.25) is 0 Å². The lowest BCUT2D eigenvalue weighted by Crippen LogP contribution is -2.12. The van der Waals surface area contributed by atoms with Crippen molar-refractivity contribution in [2.45, 2.75) is 26.7 Å². The van der Waals surface area contributed by atoms with E-state index in [0.717, 1.165) is 24.0 Å². The number of hydrogen-bond acceptors (Lipinski definition) is 3. The summed E-state index contributed by atoms with van der Waals surface area (Å²) >= 11 is 0. The van der Waals surface area contributed by atoms with E-state index in [1.807, 2.05) is 13.8 Å². The van der Waals surface area contributed by atoms with Gasteiger partial charge in [-0.25, -0.2) is 0 Å². The minimum absolute atomic E-state index is 0.0442. The van der Waals surface area contributed by atoms with Gasteiger partial charge >= 0.3 is 0 Å². The summed E-state index contributed by atoms with van der Waals surface area (Å²) in [5.41, 5.74) is 1.73. The summed E-state index contributed by atoms with van der Waals surface area (Å²) in [7, 11) is 0. The van der Waals surface area contributed by atoms with Gasteiger partial charge in [0.25, 0.3) is 0 Å². The molecule has 1 aromatic rings. The minimum atomic E-state index is 0.0442. The molecular formula is C12H17NO2. The van der Waals surface area contributed by atoms with E-state index in [1.54, 1.807) is 18.5 Å². The summed E-state index contributed by atoms with van der Waals surface area (Å²) in [5.74, 6) is 0.0442. The molecule has 1 rings (SSSR count). The normalized spacial score (nSPS) is 10.3. The number of ether oxygens (including phenoxy) is 1. The van der Waals surface area contributed by atoms with Crippen molar-refractivity contribution in [3.05, 3.63) is 29.6 Å². The van der Waals surface area contributed by atoms with E-state index in [1.165, 1.54) is 0 Å². The van der Waals surface area contributed by atoms with Gasteiger partial charge in [0.1, 0.15) is 6.61 Å². The van der Waals surface area contributed by atoms with Gasteiger partial charge in [-0.05, 0) is 24.5 Å². The van der Waals surface area contributed by atoms with Crippen LogP contribution in [0, 0.1) is 0 Å². The molecule has 0 bridgehead atoms. The average molecular weight is 207 g/mol. The minimum Gasteiger partial charge on any atom is -0.373 e. The monoisotopic (exact) mass is 207 g/mol. The van der Waals surface area contributed by atoms with E-state index >= 15 is 0 Å². The number of aromatic nitrogens is 1. The third-order valence-electron chi connectivity index (χ3n) is 2.17. The molecule has 1 aromatic heterocycles. The zero-order valence-electron chi connectivity index (χ0n) is 9.32. The van der Waals surface area contributed by atoms with Crippen molar-refractivity contribution in [3.8, 4) is 0 Å². The number of nitrogens with zero attached hydrogens (tertiary/aromatic N) is 1. The lowest BCUT2D eigenvalue weighted by atomic mass is 10.1. The fourth-order valence-corrected chi connectivity index (χ4v) is 1.37. The number of ketones is 1. The first-order valence-electron chi connectivity index (χ1n) is 5.33. The molecular weight excluding hydrogens is 190 g/mol. The Bertz CT molecular complexity index is 323. The number of carbonyl (C=O) groups excluding carboxylic acids is 1. The molecule has 1 heterocycles. The average Bonchev–Trinajstić information content (AvgIpc) is 2.29. The van der Waals surface area contributed by atoms with Crippen molar-refractivity contribution in [2.24, 2.45) is 0 Å². The van der Waals surface area contributed by atoms with Gasteiger partial charge in [-0.15, -0.1) is 0 Å². The molecule has 0 fully saturated rings. The highest BCUT2D eigenvalue weighted by Gasteiger charge is 2.09. The Morgan fingerprint density at radius 1 is 1.47 bits per heavy atom. The number of hydrogen-bond donors (Lipinski definition) is 0. The fraction of sp³-hybridized carbons (Fsp3) is 0.500. The highest BCUT2D eigenvalue weighted by atomic mass is 16.5. The van der Waals surface area contributed by atoms with E-state index in [9.17, 15) is 4.79 Å². The van der Waals surface area contributed by atoms with Crippen LogP contribution in [0.2, 0.25) is 0 Å². The Hall–Kier alpha value is -1.22. The van der Waals surface area contributed by atoms with Crippen molar-refractivity contribution in [2.75, 3.05) is 13.2 Å². The van der Waals surface area contributed by atoms with Gasteiger partial charge in [0.05, 0.1) is 0 Å². The number of rotatable bonds is 6. The van der Waals surface area contributed by atoms with Gasteiger partial charge in [0.15, 0.2) is 5.78 Å². The van der Waals surface area contributed by atoms with E-state index in [4.69, 9.17) is 4.74 Å². The van der Waals surface area contributed by atoms with E-state index in [0.29, 0.717) is 6.61 Å². The highest BCUT2D eigenvalue weighted by Crippen LogP contribution is 2.08. The zero-order chi connectivity index (χ0) is 11.1. The van der Waals surface area contributed by atoms with Crippen molar-refractivity contribution in [3.63, 3.8) is 0 Å². The summed E-state index contributed by atoms with van der Waals surface area (Å²) in [5, 5.41) is 0. The molecule has 0 amide bonds. The molecule has 0 saturated carbocycles. The molecule has 0 aliphatic rings. The van der Waals surface area contributed by atoms with Crippen molar-refractivity contribution < 1.29 is 9.53 Å². The number of pyridine rings is 1. The summed E-state index contributed by atoms with van der Waals surface area (Å²) in [6.45, 7) is 4.85. The Kier molecular flexibility index (Phi) is 4.98. The molecule has 0 aliphatic carbocycles. The molecule has 3 heteroatoms. The predicted octanol–water partition coefficient (Wildman–Crippen LogP) is 2.25. The Morgan fingerprint density at radius 3 is 2.93 bits per heavy atom. The van der Waals surface area contributed by atoms with Crippen LogP contribution in [0.4, 0.5) is 0 Å². The molecule has 0 aromatic carbocycles. The van der Waals surface area contributed by atoms with E-state index < -0.39 is 0 Å². The molecule has 0 unspecified atom stereocenters. The molecule has 0 aliphatic heterocycles. The molecule has 0 N–H and O–H groups in total. The first kappa shape index (κ1) is 11.9. The predicted molar refractivity (Wildman–Crippen MR) is 59.1 cm³/mol. The SMILES string of the molecule is CCCOCC(=O)c1ccncc1CC. The Labute approximate surface area is 90.5 Å². The molecule has 0 saturated heterocycles. The third-order valence-corrected chi connectivity index (χ3v) is 2.17. The first-order valence-corrected chi connectivity index (χ1v) is 5.33. The highest BCUT2D eigenvalue weighted by molar-refractivity contribution is 5.98. The van der Waals surface area contributed by atoms with Crippen LogP contribution in [0.1, 0.15) is 36.2 Å². The smallest absolute Gasteiger partial charge is 0.188 e. The van der Waals surface area contributed by atoms with Crippen LogP contribution in [0.15, 0.2) is 18.5 Å². The van der Waals surface area contributed by atoms with Gasteiger partial charge < -0.3 is 4.74 Å². The third kappa shape index (κ3) is 3.44. The number of aryl methyl sites for hydroxylation is 1. The first-order chi connectivity index (χ1) is 7.29. The van der Waals surface area contributed by atoms with Crippen molar-refractivity contribution in [1.82, 2.24) is 4.98 Å². The van der Waals surface area contributed by atoms with E-state index in [2.05, 4.69) is 4.98 Å². The molecule has 0 atom stereocenters. The quantitative estimate of drug-likeness (QED) is 0.530. The van der Waals surface area contributed by atoms with Gasteiger partial charge in [-0.1, -0.05) is 13.8 Å². The number of Topliss-reactive ketones (excluding diaryl/α,β-unsaturated/α-hetero) is 1. The zero-order valence-corrected chi connectivity index (χ0v) is 9.32. The van der Waals surface area contributed by atoms with Crippen LogP contribution < -0.4 is 0 Å². The van der Waals surface area contributed by atoms with Crippen molar-refractivity contribution >= 4 is 5.78 Å². The molecule has 15 heavy (non-hydrogen) atoms. The Balaban J connectivity index is 2.64. The van der Waals surface area contributed by atoms with Crippen LogP contribution in [0.3, 0.4) is 0 Å². The second kappa shape index (κ2) is 6.30. The fourth-order valence-electron chi connectivity index (χ4n) is 1.37. The maximum atomic E-state index is 11.7.